The number of carbonyl (C=O) groups excluding carboxylic acids is 1. The second-order valence-corrected chi connectivity index (χ2v) is 4.89. The minimum atomic E-state index is -0.412. The van der Waals surface area contributed by atoms with E-state index in [-0.39, 0.29) is 6.61 Å². The summed E-state index contributed by atoms with van der Waals surface area (Å²) in [4.78, 5) is 11.5. The van der Waals surface area contributed by atoms with Gasteiger partial charge in [0.25, 0.3) is 0 Å². The molecule has 0 unspecified atom stereocenters. The number of methoxy groups -OCH3 is 1. The summed E-state index contributed by atoms with van der Waals surface area (Å²) in [5, 5.41) is 0. The molecule has 0 saturated heterocycles. The Kier molecular flexibility index (Phi) is 6.91. The molecule has 0 bridgehead atoms. The topological polar surface area (TPSA) is 68.8 Å². The van der Waals surface area contributed by atoms with Crippen LogP contribution in [0.3, 0.4) is 0 Å². The zero-order valence-electron chi connectivity index (χ0n) is 13.9. The maximum Gasteiger partial charge on any atom is 0.344 e. The number of para-hydroxylation sites is 2. The fraction of sp³-hybridized carbons (Fsp3) is 0.278. The van der Waals surface area contributed by atoms with E-state index in [9.17, 15) is 4.79 Å². The zero-order chi connectivity index (χ0) is 17.2. The number of hydrazine groups is 1. The normalized spacial score (nSPS) is 10.1. The van der Waals surface area contributed by atoms with Crippen LogP contribution in [0.15, 0.2) is 48.5 Å². The van der Waals surface area contributed by atoms with Crippen molar-refractivity contribution in [3.63, 3.8) is 0 Å². The zero-order valence-corrected chi connectivity index (χ0v) is 13.9. The molecule has 0 radical (unpaired) electrons. The van der Waals surface area contributed by atoms with Crippen LogP contribution in [-0.4, -0.2) is 26.3 Å². The molecular weight excluding hydrogens is 308 g/mol. The Morgan fingerprint density at radius 1 is 1.08 bits per heavy atom. The molecule has 0 aliphatic carbocycles. The second kappa shape index (κ2) is 9.42. The number of carbonyl (C=O) groups is 1. The number of ether oxygens (including phenoxy) is 3. The summed E-state index contributed by atoms with van der Waals surface area (Å²) in [6.45, 7) is 2.41. The molecule has 0 fully saturated rings. The van der Waals surface area contributed by atoms with Crippen molar-refractivity contribution in [3.05, 3.63) is 54.1 Å². The smallest absolute Gasteiger partial charge is 0.344 e. The van der Waals surface area contributed by atoms with Crippen molar-refractivity contribution in [1.82, 2.24) is 5.43 Å². The van der Waals surface area contributed by atoms with Gasteiger partial charge in [0.05, 0.1) is 13.7 Å². The van der Waals surface area contributed by atoms with Crippen molar-refractivity contribution >= 4 is 11.7 Å². The third-order valence-electron chi connectivity index (χ3n) is 3.21. The standard InChI is InChI=1S/C18H22N2O4/c1-3-23-17(21)13-24-18-14(8-7-11-16(18)22-2)12-19-20-15-9-5-4-6-10-15/h4-11,19-20H,3,12-13H2,1-2H3. The Morgan fingerprint density at radius 2 is 1.88 bits per heavy atom. The average Bonchev–Trinajstić information content (AvgIpc) is 2.61. The Hall–Kier alpha value is -2.73. The number of benzene rings is 2. The van der Waals surface area contributed by atoms with Crippen molar-refractivity contribution in [3.8, 4) is 11.5 Å². The summed E-state index contributed by atoms with van der Waals surface area (Å²) in [6.07, 6.45) is 0. The van der Waals surface area contributed by atoms with Crippen molar-refractivity contribution < 1.29 is 19.0 Å². The van der Waals surface area contributed by atoms with Gasteiger partial charge in [-0.15, -0.1) is 0 Å². The summed E-state index contributed by atoms with van der Waals surface area (Å²) in [6, 6.07) is 15.3. The third kappa shape index (κ3) is 5.17. The molecule has 0 saturated carbocycles. The summed E-state index contributed by atoms with van der Waals surface area (Å²) in [5.74, 6) is 0.679. The Balaban J connectivity index is 2.01. The molecule has 0 aliphatic rings. The molecule has 2 aromatic rings. The Bertz CT molecular complexity index is 647. The molecular formula is C18H22N2O4. The van der Waals surface area contributed by atoms with Gasteiger partial charge in [-0.05, 0) is 25.1 Å². The van der Waals surface area contributed by atoms with Gasteiger partial charge in [0.1, 0.15) is 0 Å². The summed E-state index contributed by atoms with van der Waals surface area (Å²) in [7, 11) is 1.56. The summed E-state index contributed by atoms with van der Waals surface area (Å²) < 4.78 is 15.8. The number of anilines is 1. The number of hydrogen-bond acceptors (Lipinski definition) is 6. The van der Waals surface area contributed by atoms with Gasteiger partial charge < -0.3 is 19.6 Å². The first-order chi connectivity index (χ1) is 11.7. The highest BCUT2D eigenvalue weighted by Crippen LogP contribution is 2.31. The molecule has 0 heterocycles. The van der Waals surface area contributed by atoms with Gasteiger partial charge in [-0.2, -0.15) is 0 Å². The van der Waals surface area contributed by atoms with Crippen LogP contribution in [0.5, 0.6) is 11.5 Å². The van der Waals surface area contributed by atoms with E-state index in [1.807, 2.05) is 42.5 Å². The lowest BCUT2D eigenvalue weighted by molar-refractivity contribution is -0.145. The fourth-order valence-corrected chi connectivity index (χ4v) is 2.12. The van der Waals surface area contributed by atoms with Gasteiger partial charge in [0.2, 0.25) is 0 Å². The first-order valence-electron chi connectivity index (χ1n) is 7.72. The SMILES string of the molecule is CCOC(=O)COc1c(CNNc2ccccc2)cccc1OC. The number of hydrogen-bond donors (Lipinski definition) is 2. The van der Waals surface area contributed by atoms with Crippen LogP contribution in [0, 0.1) is 0 Å². The molecule has 0 spiro atoms. The van der Waals surface area contributed by atoms with Gasteiger partial charge in [0.15, 0.2) is 18.1 Å². The van der Waals surface area contributed by atoms with Crippen LogP contribution in [0.1, 0.15) is 12.5 Å². The van der Waals surface area contributed by atoms with E-state index in [1.165, 1.54) is 0 Å². The largest absolute Gasteiger partial charge is 0.493 e. The van der Waals surface area contributed by atoms with Crippen LogP contribution >= 0.6 is 0 Å². The maximum absolute atomic E-state index is 11.5. The van der Waals surface area contributed by atoms with Crippen LogP contribution in [0.25, 0.3) is 0 Å². The molecule has 0 amide bonds. The first kappa shape index (κ1) is 17.6. The Morgan fingerprint density at radius 3 is 2.58 bits per heavy atom. The van der Waals surface area contributed by atoms with E-state index < -0.39 is 5.97 Å². The summed E-state index contributed by atoms with van der Waals surface area (Å²) in [5.41, 5.74) is 8.04. The average molecular weight is 330 g/mol. The molecule has 2 N–H and O–H groups in total. The molecule has 24 heavy (non-hydrogen) atoms. The van der Waals surface area contributed by atoms with Crippen molar-refractivity contribution in [1.29, 1.82) is 0 Å². The monoisotopic (exact) mass is 330 g/mol. The van der Waals surface area contributed by atoms with E-state index >= 15 is 0 Å². The van der Waals surface area contributed by atoms with Crippen molar-refractivity contribution in [2.24, 2.45) is 0 Å². The predicted molar refractivity (Wildman–Crippen MR) is 92.0 cm³/mol. The molecule has 0 aliphatic heterocycles. The highest BCUT2D eigenvalue weighted by molar-refractivity contribution is 5.71. The van der Waals surface area contributed by atoms with Gasteiger partial charge >= 0.3 is 5.97 Å². The number of rotatable bonds is 9. The fourth-order valence-electron chi connectivity index (χ4n) is 2.12. The van der Waals surface area contributed by atoms with E-state index in [1.54, 1.807) is 20.1 Å². The molecule has 128 valence electrons. The van der Waals surface area contributed by atoms with E-state index in [4.69, 9.17) is 14.2 Å². The second-order valence-electron chi connectivity index (χ2n) is 4.89. The van der Waals surface area contributed by atoms with E-state index in [0.29, 0.717) is 24.7 Å². The van der Waals surface area contributed by atoms with Crippen LogP contribution in [0.2, 0.25) is 0 Å². The molecule has 0 aromatic heterocycles. The van der Waals surface area contributed by atoms with Crippen LogP contribution < -0.4 is 20.3 Å². The van der Waals surface area contributed by atoms with Gasteiger partial charge in [0, 0.05) is 17.8 Å². The van der Waals surface area contributed by atoms with Crippen LogP contribution in [-0.2, 0) is 16.1 Å². The summed E-state index contributed by atoms with van der Waals surface area (Å²) >= 11 is 0. The highest BCUT2D eigenvalue weighted by Gasteiger charge is 2.13. The molecule has 6 heteroatoms. The Labute approximate surface area is 141 Å². The van der Waals surface area contributed by atoms with Gasteiger partial charge in [-0.25, -0.2) is 10.2 Å². The van der Waals surface area contributed by atoms with Gasteiger partial charge in [-0.3, -0.25) is 0 Å². The minimum Gasteiger partial charge on any atom is -0.493 e. The van der Waals surface area contributed by atoms with E-state index in [0.717, 1.165) is 11.3 Å². The van der Waals surface area contributed by atoms with Crippen molar-refractivity contribution in [2.75, 3.05) is 25.7 Å². The lowest BCUT2D eigenvalue weighted by atomic mass is 10.2. The minimum absolute atomic E-state index is 0.159. The third-order valence-corrected chi connectivity index (χ3v) is 3.21. The molecule has 2 aromatic carbocycles. The highest BCUT2D eigenvalue weighted by atomic mass is 16.6. The van der Waals surface area contributed by atoms with Crippen LogP contribution in [0.4, 0.5) is 5.69 Å². The molecule has 0 atom stereocenters. The predicted octanol–water partition coefficient (Wildman–Crippen LogP) is 2.75. The lowest BCUT2D eigenvalue weighted by Crippen LogP contribution is -2.22. The van der Waals surface area contributed by atoms with Crippen molar-refractivity contribution in [2.45, 2.75) is 13.5 Å². The molecule has 6 nitrogen and oxygen atoms in total. The number of nitrogens with one attached hydrogen (secondary N) is 2. The van der Waals surface area contributed by atoms with Gasteiger partial charge in [-0.1, -0.05) is 30.3 Å². The maximum atomic E-state index is 11.5. The first-order valence-corrected chi connectivity index (χ1v) is 7.72. The van der Waals surface area contributed by atoms with E-state index in [2.05, 4.69) is 10.9 Å². The quantitative estimate of drug-likeness (QED) is 0.544. The molecule has 2 rings (SSSR count). The lowest BCUT2D eigenvalue weighted by Gasteiger charge is -2.15. The number of esters is 1.